The van der Waals surface area contributed by atoms with Crippen molar-refractivity contribution in [1.29, 1.82) is 0 Å². The molecule has 3 heteroatoms. The van der Waals surface area contributed by atoms with Gasteiger partial charge in [-0.2, -0.15) is 0 Å². The van der Waals surface area contributed by atoms with E-state index in [4.69, 9.17) is 0 Å². The molecule has 0 amide bonds. The van der Waals surface area contributed by atoms with Crippen LogP contribution in [0.15, 0.2) is 0 Å². The van der Waals surface area contributed by atoms with Crippen LogP contribution in [-0.2, 0) is 4.79 Å². The number of hydrogen-bond donors (Lipinski definition) is 1. The van der Waals surface area contributed by atoms with E-state index in [1.165, 1.54) is 0 Å². The zero-order valence-corrected chi connectivity index (χ0v) is 8.66. The molecular weight excluding hydrogens is 166 g/mol. The van der Waals surface area contributed by atoms with E-state index in [9.17, 15) is 9.90 Å². The molecular formula is C10H19NO2. The molecule has 0 aromatic carbocycles. The first kappa shape index (κ1) is 10.7. The number of nitrogens with zero attached hydrogens (tertiary/aromatic N) is 1. The summed E-state index contributed by atoms with van der Waals surface area (Å²) in [6, 6.07) is 0.0174. The fraction of sp³-hybridized carbons (Fsp3) is 0.900. The van der Waals surface area contributed by atoms with Gasteiger partial charge in [0.15, 0.2) is 0 Å². The van der Waals surface area contributed by atoms with Crippen LogP contribution in [0.5, 0.6) is 0 Å². The maximum atomic E-state index is 11.1. The van der Waals surface area contributed by atoms with Gasteiger partial charge in [0.05, 0.1) is 12.1 Å². The van der Waals surface area contributed by atoms with Crippen LogP contribution in [0.4, 0.5) is 0 Å². The van der Waals surface area contributed by atoms with Crippen molar-refractivity contribution in [2.24, 2.45) is 5.92 Å². The number of rotatable bonds is 3. The van der Waals surface area contributed by atoms with Gasteiger partial charge >= 0.3 is 0 Å². The lowest BCUT2D eigenvalue weighted by Crippen LogP contribution is -2.36. The monoisotopic (exact) mass is 185 g/mol. The van der Waals surface area contributed by atoms with Crippen LogP contribution in [-0.4, -0.2) is 41.0 Å². The highest BCUT2D eigenvalue weighted by atomic mass is 16.3. The van der Waals surface area contributed by atoms with E-state index >= 15 is 0 Å². The molecule has 0 aromatic heterocycles. The molecule has 0 aromatic rings. The summed E-state index contributed by atoms with van der Waals surface area (Å²) < 4.78 is 0. The first-order chi connectivity index (χ1) is 6.02. The zero-order valence-electron chi connectivity index (χ0n) is 8.66. The van der Waals surface area contributed by atoms with Crippen LogP contribution in [0.2, 0.25) is 0 Å². The van der Waals surface area contributed by atoms with E-state index in [1.54, 1.807) is 6.92 Å². The minimum absolute atomic E-state index is 0.0174. The second-order valence-electron chi connectivity index (χ2n) is 4.07. The molecule has 76 valence electrons. The Morgan fingerprint density at radius 2 is 2.15 bits per heavy atom. The largest absolute Gasteiger partial charge is 0.393 e. The van der Waals surface area contributed by atoms with Gasteiger partial charge in [-0.05, 0) is 39.7 Å². The Labute approximate surface area is 79.7 Å². The summed E-state index contributed by atoms with van der Waals surface area (Å²) in [6.45, 7) is 7.19. The lowest BCUT2D eigenvalue weighted by molar-refractivity contribution is -0.121. The summed E-state index contributed by atoms with van der Waals surface area (Å²) in [4.78, 5) is 13.3. The van der Waals surface area contributed by atoms with Crippen LogP contribution >= 0.6 is 0 Å². The molecule has 3 atom stereocenters. The third-order valence-corrected chi connectivity index (χ3v) is 3.07. The van der Waals surface area contributed by atoms with Crippen molar-refractivity contribution in [3.63, 3.8) is 0 Å². The topological polar surface area (TPSA) is 40.5 Å². The van der Waals surface area contributed by atoms with Gasteiger partial charge < -0.3 is 5.11 Å². The van der Waals surface area contributed by atoms with Crippen molar-refractivity contribution >= 4 is 5.78 Å². The third kappa shape index (κ3) is 2.51. The fourth-order valence-corrected chi connectivity index (χ4v) is 1.82. The highest BCUT2D eigenvalue weighted by molar-refractivity contribution is 5.80. The van der Waals surface area contributed by atoms with E-state index in [2.05, 4.69) is 4.90 Å². The summed E-state index contributed by atoms with van der Waals surface area (Å²) in [5.74, 6) is 0.563. The minimum atomic E-state index is -0.246. The van der Waals surface area contributed by atoms with Gasteiger partial charge in [-0.25, -0.2) is 0 Å². The number of carbonyl (C=O) groups excluding carboxylic acids is 1. The molecule has 1 aliphatic heterocycles. The van der Waals surface area contributed by atoms with Gasteiger partial charge in [0.2, 0.25) is 0 Å². The van der Waals surface area contributed by atoms with Gasteiger partial charge in [0.25, 0.3) is 0 Å². The first-order valence-electron chi connectivity index (χ1n) is 4.95. The predicted octanol–water partition coefficient (Wildman–Crippen LogP) is 0.667. The Bertz CT molecular complexity index is 191. The van der Waals surface area contributed by atoms with Gasteiger partial charge in [0, 0.05) is 6.54 Å². The smallest absolute Gasteiger partial charge is 0.146 e. The highest BCUT2D eigenvalue weighted by Gasteiger charge is 2.30. The lowest BCUT2D eigenvalue weighted by Gasteiger charge is -2.22. The zero-order chi connectivity index (χ0) is 10.0. The van der Waals surface area contributed by atoms with Crippen molar-refractivity contribution in [3.8, 4) is 0 Å². The van der Waals surface area contributed by atoms with Crippen molar-refractivity contribution in [2.45, 2.75) is 39.3 Å². The standard InChI is InChI=1S/C10H19NO2/c1-7(8(2)12)11-5-4-10(6-11)9(3)13/h7,9-10,13H,4-6H2,1-3H3. The Morgan fingerprint density at radius 3 is 2.54 bits per heavy atom. The molecule has 0 aliphatic carbocycles. The SMILES string of the molecule is CC(=O)C(C)N1CCC(C(C)O)C1. The van der Waals surface area contributed by atoms with E-state index in [0.29, 0.717) is 5.92 Å². The average Bonchev–Trinajstić information content (AvgIpc) is 2.50. The van der Waals surface area contributed by atoms with Crippen LogP contribution in [0.1, 0.15) is 27.2 Å². The summed E-state index contributed by atoms with van der Waals surface area (Å²) in [5, 5.41) is 9.38. The molecule has 0 bridgehead atoms. The molecule has 1 rings (SSSR count). The fourth-order valence-electron chi connectivity index (χ4n) is 1.82. The van der Waals surface area contributed by atoms with Crippen molar-refractivity contribution in [3.05, 3.63) is 0 Å². The quantitative estimate of drug-likeness (QED) is 0.702. The van der Waals surface area contributed by atoms with Crippen LogP contribution in [0, 0.1) is 5.92 Å². The summed E-state index contributed by atoms with van der Waals surface area (Å²) in [6.07, 6.45) is 0.763. The molecule has 0 radical (unpaired) electrons. The summed E-state index contributed by atoms with van der Waals surface area (Å²) in [5.41, 5.74) is 0. The predicted molar refractivity (Wildman–Crippen MR) is 51.5 cm³/mol. The Balaban J connectivity index is 2.45. The third-order valence-electron chi connectivity index (χ3n) is 3.07. The van der Waals surface area contributed by atoms with E-state index in [1.807, 2.05) is 13.8 Å². The molecule has 1 saturated heterocycles. The number of ketones is 1. The molecule has 13 heavy (non-hydrogen) atoms. The van der Waals surface area contributed by atoms with E-state index < -0.39 is 0 Å². The maximum Gasteiger partial charge on any atom is 0.146 e. The molecule has 1 N–H and O–H groups in total. The van der Waals surface area contributed by atoms with Crippen molar-refractivity contribution in [2.75, 3.05) is 13.1 Å². The van der Waals surface area contributed by atoms with E-state index in [0.717, 1.165) is 19.5 Å². The molecule has 3 nitrogen and oxygen atoms in total. The Hall–Kier alpha value is -0.410. The van der Waals surface area contributed by atoms with Gasteiger partial charge in [-0.3, -0.25) is 9.69 Å². The molecule has 3 unspecified atom stereocenters. The molecule has 0 spiro atoms. The lowest BCUT2D eigenvalue weighted by atomic mass is 10.0. The number of aliphatic hydroxyl groups is 1. The molecule has 0 saturated carbocycles. The molecule has 1 heterocycles. The van der Waals surface area contributed by atoms with Crippen molar-refractivity contribution < 1.29 is 9.90 Å². The van der Waals surface area contributed by atoms with Gasteiger partial charge in [-0.1, -0.05) is 0 Å². The number of hydrogen-bond acceptors (Lipinski definition) is 3. The second kappa shape index (κ2) is 4.20. The number of aliphatic hydroxyl groups excluding tert-OH is 1. The molecule has 1 aliphatic rings. The first-order valence-corrected chi connectivity index (χ1v) is 4.95. The van der Waals surface area contributed by atoms with Crippen molar-refractivity contribution in [1.82, 2.24) is 4.90 Å². The van der Waals surface area contributed by atoms with E-state index in [-0.39, 0.29) is 17.9 Å². The highest BCUT2D eigenvalue weighted by Crippen LogP contribution is 2.21. The number of Topliss-reactive ketones (excluding diaryl/α,β-unsaturated/α-hetero) is 1. The van der Waals surface area contributed by atoms with Gasteiger partial charge in [-0.15, -0.1) is 0 Å². The second-order valence-corrected chi connectivity index (χ2v) is 4.07. The summed E-state index contributed by atoms with van der Waals surface area (Å²) >= 11 is 0. The summed E-state index contributed by atoms with van der Waals surface area (Å²) in [7, 11) is 0. The minimum Gasteiger partial charge on any atom is -0.393 e. The average molecular weight is 185 g/mol. The van der Waals surface area contributed by atoms with Gasteiger partial charge in [0.1, 0.15) is 5.78 Å². The number of carbonyl (C=O) groups is 1. The van der Waals surface area contributed by atoms with Crippen LogP contribution in [0.25, 0.3) is 0 Å². The number of likely N-dealkylation sites (tertiary alicyclic amines) is 1. The Morgan fingerprint density at radius 1 is 1.54 bits per heavy atom. The van der Waals surface area contributed by atoms with Crippen LogP contribution in [0.3, 0.4) is 0 Å². The molecule has 1 fully saturated rings. The Kier molecular flexibility index (Phi) is 3.45. The normalized spacial score (nSPS) is 28.8. The van der Waals surface area contributed by atoms with Crippen LogP contribution < -0.4 is 0 Å². The maximum absolute atomic E-state index is 11.1.